The average Bonchev–Trinajstić information content (AvgIpc) is 3.25. The maximum atomic E-state index is 12.3. The summed E-state index contributed by atoms with van der Waals surface area (Å²) >= 11 is 0. The number of carbonyl (C=O) groups excluding carboxylic acids is 1. The van der Waals surface area contributed by atoms with Gasteiger partial charge in [-0.15, -0.1) is 5.10 Å². The summed E-state index contributed by atoms with van der Waals surface area (Å²) in [4.78, 5) is 14.5. The van der Waals surface area contributed by atoms with E-state index in [-0.39, 0.29) is 18.0 Å². The molecule has 4 rings (SSSR count). The molecule has 1 aliphatic carbocycles. The molecule has 1 saturated carbocycles. The van der Waals surface area contributed by atoms with Gasteiger partial charge in [-0.1, -0.05) is 15.9 Å². The normalized spacial score (nSPS) is 23.5. The smallest absolute Gasteiger partial charge is 0.244 e. The second-order valence-corrected chi connectivity index (χ2v) is 6.85. The van der Waals surface area contributed by atoms with Crippen LogP contribution < -0.4 is 5.32 Å². The van der Waals surface area contributed by atoms with E-state index in [1.165, 1.54) is 12.0 Å². The number of aryl methyl sites for hydroxylation is 1. The Bertz CT molecular complexity index is 760. The van der Waals surface area contributed by atoms with Gasteiger partial charge in [0.2, 0.25) is 5.91 Å². The highest BCUT2D eigenvalue weighted by molar-refractivity contribution is 5.88. The fourth-order valence-corrected chi connectivity index (χ4v) is 3.45. The lowest BCUT2D eigenvalue weighted by atomic mass is 9.92. The minimum absolute atomic E-state index is 0.0119. The number of likely N-dealkylation sites (tertiary alicyclic amines) is 1. The Morgan fingerprint density at radius 3 is 2.96 bits per heavy atom. The van der Waals surface area contributed by atoms with Gasteiger partial charge in [0.1, 0.15) is 0 Å². The number of amides is 1. The molecule has 8 nitrogen and oxygen atoms in total. The minimum atomic E-state index is -0.0184. The van der Waals surface area contributed by atoms with E-state index < -0.39 is 0 Å². The van der Waals surface area contributed by atoms with Gasteiger partial charge >= 0.3 is 0 Å². The van der Waals surface area contributed by atoms with Gasteiger partial charge in [-0.25, -0.2) is 4.68 Å². The van der Waals surface area contributed by atoms with Crippen LogP contribution in [-0.2, 0) is 11.3 Å². The van der Waals surface area contributed by atoms with Gasteiger partial charge in [0.15, 0.2) is 5.76 Å². The predicted molar refractivity (Wildman–Crippen MR) is 89.4 cm³/mol. The summed E-state index contributed by atoms with van der Waals surface area (Å²) in [7, 11) is 0. The highest BCUT2D eigenvalue weighted by Crippen LogP contribution is 2.26. The fourth-order valence-electron chi connectivity index (χ4n) is 3.45. The van der Waals surface area contributed by atoms with E-state index in [0.29, 0.717) is 6.54 Å². The van der Waals surface area contributed by atoms with Crippen LogP contribution in [0.4, 0.5) is 0 Å². The third-order valence-electron chi connectivity index (χ3n) is 4.86. The zero-order valence-electron chi connectivity index (χ0n) is 14.3. The standard InChI is InChI=1S/C17H22N6O2/c1-12-7-14(25-20-12)9-22-10-15(16(11-22)23-6-5-18-21-23)19-17(24)8-13-3-2-4-13/h5-8,15-16H,2-4,9-11H2,1H3,(H,19,24)/t15-,16+/m1/s1. The molecule has 0 spiro atoms. The molecule has 0 bridgehead atoms. The molecule has 2 aromatic heterocycles. The summed E-state index contributed by atoms with van der Waals surface area (Å²) in [6.07, 6.45) is 8.54. The van der Waals surface area contributed by atoms with Gasteiger partial charge in [-0.2, -0.15) is 0 Å². The van der Waals surface area contributed by atoms with Crippen LogP contribution in [0.1, 0.15) is 36.8 Å². The first-order valence-corrected chi connectivity index (χ1v) is 8.67. The number of hydrogen-bond acceptors (Lipinski definition) is 6. The zero-order valence-corrected chi connectivity index (χ0v) is 14.3. The second-order valence-electron chi connectivity index (χ2n) is 6.85. The highest BCUT2D eigenvalue weighted by atomic mass is 16.5. The van der Waals surface area contributed by atoms with Crippen LogP contribution in [0.3, 0.4) is 0 Å². The molecule has 3 heterocycles. The molecule has 0 radical (unpaired) electrons. The molecule has 132 valence electrons. The quantitative estimate of drug-likeness (QED) is 0.822. The van der Waals surface area contributed by atoms with Crippen molar-refractivity contribution < 1.29 is 9.32 Å². The average molecular weight is 342 g/mol. The maximum absolute atomic E-state index is 12.3. The van der Waals surface area contributed by atoms with E-state index >= 15 is 0 Å². The first-order valence-electron chi connectivity index (χ1n) is 8.67. The van der Waals surface area contributed by atoms with Crippen LogP contribution in [0, 0.1) is 6.92 Å². The number of nitrogens with one attached hydrogen (secondary N) is 1. The number of hydrogen-bond donors (Lipinski definition) is 1. The van der Waals surface area contributed by atoms with Crippen molar-refractivity contribution in [3.63, 3.8) is 0 Å². The maximum Gasteiger partial charge on any atom is 0.244 e. The Kier molecular flexibility index (Phi) is 4.35. The molecule has 1 aliphatic heterocycles. The molecule has 2 aliphatic rings. The first kappa shape index (κ1) is 16.0. The topological polar surface area (TPSA) is 89.1 Å². The second kappa shape index (κ2) is 6.79. The number of nitrogens with zero attached hydrogens (tertiary/aromatic N) is 5. The van der Waals surface area contributed by atoms with E-state index in [9.17, 15) is 4.79 Å². The van der Waals surface area contributed by atoms with E-state index in [2.05, 4.69) is 25.7 Å². The SMILES string of the molecule is Cc1cc(CN2C[C@@H](NC(=O)C=C3CCC3)[C@@H](n3ccnn3)C2)on1. The molecule has 1 saturated heterocycles. The van der Waals surface area contributed by atoms with Crippen LogP contribution in [0.2, 0.25) is 0 Å². The molecular weight excluding hydrogens is 320 g/mol. The first-order chi connectivity index (χ1) is 12.2. The molecule has 0 unspecified atom stereocenters. The minimum Gasteiger partial charge on any atom is -0.360 e. The van der Waals surface area contributed by atoms with Gasteiger partial charge in [-0.05, 0) is 26.2 Å². The predicted octanol–water partition coefficient (Wildman–Crippen LogP) is 1.23. The summed E-state index contributed by atoms with van der Waals surface area (Å²) in [6.45, 7) is 4.08. The van der Waals surface area contributed by atoms with Crippen LogP contribution in [0.15, 0.2) is 34.6 Å². The molecular formula is C17H22N6O2. The van der Waals surface area contributed by atoms with E-state index in [1.54, 1.807) is 12.3 Å². The third-order valence-corrected chi connectivity index (χ3v) is 4.86. The largest absolute Gasteiger partial charge is 0.360 e. The van der Waals surface area contributed by atoms with E-state index in [4.69, 9.17) is 4.52 Å². The molecule has 1 N–H and O–H groups in total. The van der Waals surface area contributed by atoms with Crippen molar-refractivity contribution in [2.24, 2.45) is 0 Å². The van der Waals surface area contributed by atoms with Gasteiger partial charge in [0.25, 0.3) is 0 Å². The van der Waals surface area contributed by atoms with Crippen molar-refractivity contribution >= 4 is 5.91 Å². The van der Waals surface area contributed by atoms with Gasteiger partial charge in [0.05, 0.1) is 30.5 Å². The molecule has 25 heavy (non-hydrogen) atoms. The Labute approximate surface area is 145 Å². The van der Waals surface area contributed by atoms with Gasteiger partial charge < -0.3 is 9.84 Å². The van der Waals surface area contributed by atoms with Gasteiger partial charge in [0, 0.05) is 31.4 Å². The Hall–Kier alpha value is -2.48. The molecule has 0 aromatic carbocycles. The molecule has 2 atom stereocenters. The molecule has 8 heteroatoms. The van der Waals surface area contributed by atoms with Crippen LogP contribution >= 0.6 is 0 Å². The van der Waals surface area contributed by atoms with Crippen molar-refractivity contribution in [3.05, 3.63) is 41.6 Å². The fraction of sp³-hybridized carbons (Fsp3) is 0.529. The molecule has 1 amide bonds. The number of carbonyl (C=O) groups is 1. The van der Waals surface area contributed by atoms with Crippen molar-refractivity contribution in [2.45, 2.75) is 44.8 Å². The van der Waals surface area contributed by atoms with Crippen molar-refractivity contribution in [1.82, 2.24) is 30.4 Å². The van der Waals surface area contributed by atoms with Crippen molar-refractivity contribution in [1.29, 1.82) is 0 Å². The van der Waals surface area contributed by atoms with Crippen molar-refractivity contribution in [2.75, 3.05) is 13.1 Å². The summed E-state index contributed by atoms with van der Waals surface area (Å²) < 4.78 is 7.15. The summed E-state index contributed by atoms with van der Waals surface area (Å²) in [6, 6.07) is 1.97. The Morgan fingerprint density at radius 2 is 2.32 bits per heavy atom. The molecule has 2 fully saturated rings. The van der Waals surface area contributed by atoms with E-state index in [0.717, 1.165) is 37.4 Å². The third kappa shape index (κ3) is 3.63. The summed E-state index contributed by atoms with van der Waals surface area (Å²) in [5, 5.41) is 15.1. The summed E-state index contributed by atoms with van der Waals surface area (Å²) in [5.74, 6) is 0.820. The lowest BCUT2D eigenvalue weighted by Crippen LogP contribution is -2.41. The Balaban J connectivity index is 1.45. The monoisotopic (exact) mass is 342 g/mol. The number of allylic oxidation sites excluding steroid dienone is 1. The van der Waals surface area contributed by atoms with Crippen LogP contribution in [-0.4, -0.2) is 50.1 Å². The lowest BCUT2D eigenvalue weighted by Gasteiger charge is -2.20. The summed E-state index contributed by atoms with van der Waals surface area (Å²) in [5.41, 5.74) is 2.11. The van der Waals surface area contributed by atoms with E-state index in [1.807, 2.05) is 23.9 Å². The van der Waals surface area contributed by atoms with Crippen LogP contribution in [0.25, 0.3) is 0 Å². The molecule has 2 aromatic rings. The lowest BCUT2D eigenvalue weighted by molar-refractivity contribution is -0.117. The highest BCUT2D eigenvalue weighted by Gasteiger charge is 2.36. The van der Waals surface area contributed by atoms with Gasteiger partial charge in [-0.3, -0.25) is 9.69 Å². The number of rotatable bonds is 5. The Morgan fingerprint density at radius 1 is 1.44 bits per heavy atom. The van der Waals surface area contributed by atoms with Crippen molar-refractivity contribution in [3.8, 4) is 0 Å². The zero-order chi connectivity index (χ0) is 17.2. The number of aromatic nitrogens is 4. The van der Waals surface area contributed by atoms with Crippen LogP contribution in [0.5, 0.6) is 0 Å².